The zero-order valence-electron chi connectivity index (χ0n) is 10.5. The smallest absolute Gasteiger partial charge is 0.00178 e. The van der Waals surface area contributed by atoms with Gasteiger partial charge in [-0.1, -0.05) is 20.3 Å². The summed E-state index contributed by atoms with van der Waals surface area (Å²) in [4.78, 5) is 0. The molecule has 2 fully saturated rings. The van der Waals surface area contributed by atoms with Gasteiger partial charge in [0, 0.05) is 0 Å². The third-order valence-corrected chi connectivity index (χ3v) is 4.37. The van der Waals surface area contributed by atoms with Gasteiger partial charge in [0.2, 0.25) is 0 Å². The summed E-state index contributed by atoms with van der Waals surface area (Å²) >= 11 is 0. The van der Waals surface area contributed by atoms with E-state index in [-0.39, 0.29) is 0 Å². The van der Waals surface area contributed by atoms with Gasteiger partial charge in [-0.15, -0.1) is 0 Å². The fourth-order valence-corrected chi connectivity index (χ4v) is 3.31. The highest BCUT2D eigenvalue weighted by Gasteiger charge is 2.38. The standard InChI is InChI=1S/C14H27N/c1-3-8-15-10-13-5-4-11(2)9-14(13)12-6-7-12/h11-15H,3-10H2,1-2H3. The molecule has 0 aliphatic heterocycles. The van der Waals surface area contributed by atoms with Crippen molar-refractivity contribution >= 4 is 0 Å². The number of hydrogen-bond donors (Lipinski definition) is 1. The molecule has 1 N–H and O–H groups in total. The largest absolute Gasteiger partial charge is 0.316 e. The lowest BCUT2D eigenvalue weighted by atomic mass is 9.72. The van der Waals surface area contributed by atoms with E-state index in [1.54, 1.807) is 0 Å². The summed E-state index contributed by atoms with van der Waals surface area (Å²) in [6, 6.07) is 0. The topological polar surface area (TPSA) is 12.0 Å². The number of rotatable bonds is 5. The summed E-state index contributed by atoms with van der Waals surface area (Å²) in [7, 11) is 0. The molecule has 0 spiro atoms. The van der Waals surface area contributed by atoms with E-state index >= 15 is 0 Å². The Morgan fingerprint density at radius 1 is 1.13 bits per heavy atom. The van der Waals surface area contributed by atoms with Crippen molar-refractivity contribution in [2.24, 2.45) is 23.7 Å². The van der Waals surface area contributed by atoms with E-state index in [2.05, 4.69) is 19.2 Å². The molecule has 2 aliphatic carbocycles. The van der Waals surface area contributed by atoms with Gasteiger partial charge < -0.3 is 5.32 Å². The molecular weight excluding hydrogens is 182 g/mol. The van der Waals surface area contributed by atoms with Crippen LogP contribution in [0.3, 0.4) is 0 Å². The molecule has 15 heavy (non-hydrogen) atoms. The predicted octanol–water partition coefficient (Wildman–Crippen LogP) is 3.45. The molecule has 0 aromatic heterocycles. The van der Waals surface area contributed by atoms with E-state index in [0.717, 1.165) is 23.7 Å². The van der Waals surface area contributed by atoms with Crippen molar-refractivity contribution in [2.75, 3.05) is 13.1 Å². The first-order valence-corrected chi connectivity index (χ1v) is 7.02. The van der Waals surface area contributed by atoms with Gasteiger partial charge in [-0.05, 0) is 68.9 Å². The summed E-state index contributed by atoms with van der Waals surface area (Å²) < 4.78 is 0. The van der Waals surface area contributed by atoms with Crippen molar-refractivity contribution in [3.63, 3.8) is 0 Å². The molecule has 0 radical (unpaired) electrons. The van der Waals surface area contributed by atoms with E-state index in [9.17, 15) is 0 Å². The van der Waals surface area contributed by atoms with Gasteiger partial charge in [0.05, 0.1) is 0 Å². The van der Waals surface area contributed by atoms with Crippen LogP contribution in [0.25, 0.3) is 0 Å². The Hall–Kier alpha value is -0.0400. The van der Waals surface area contributed by atoms with Crippen LogP contribution in [0.15, 0.2) is 0 Å². The lowest BCUT2D eigenvalue weighted by molar-refractivity contribution is 0.163. The van der Waals surface area contributed by atoms with Crippen LogP contribution in [-0.2, 0) is 0 Å². The zero-order chi connectivity index (χ0) is 10.7. The van der Waals surface area contributed by atoms with E-state index in [1.807, 2.05) is 0 Å². The molecule has 0 saturated heterocycles. The second-order valence-electron chi connectivity index (χ2n) is 5.88. The van der Waals surface area contributed by atoms with Crippen LogP contribution in [0.4, 0.5) is 0 Å². The molecule has 0 heterocycles. The summed E-state index contributed by atoms with van der Waals surface area (Å²) in [5.41, 5.74) is 0. The maximum absolute atomic E-state index is 3.63. The number of hydrogen-bond acceptors (Lipinski definition) is 1. The lowest BCUT2D eigenvalue weighted by Crippen LogP contribution is -2.34. The summed E-state index contributed by atoms with van der Waals surface area (Å²) in [6.07, 6.45) is 8.81. The van der Waals surface area contributed by atoms with Crippen LogP contribution in [0.2, 0.25) is 0 Å². The van der Waals surface area contributed by atoms with E-state index in [4.69, 9.17) is 0 Å². The third kappa shape index (κ3) is 3.21. The molecule has 88 valence electrons. The van der Waals surface area contributed by atoms with Crippen molar-refractivity contribution in [3.05, 3.63) is 0 Å². The quantitative estimate of drug-likeness (QED) is 0.684. The van der Waals surface area contributed by atoms with Crippen molar-refractivity contribution in [3.8, 4) is 0 Å². The molecule has 0 aromatic rings. The Balaban J connectivity index is 1.79. The fourth-order valence-electron chi connectivity index (χ4n) is 3.31. The van der Waals surface area contributed by atoms with E-state index < -0.39 is 0 Å². The Morgan fingerprint density at radius 2 is 1.93 bits per heavy atom. The Kier molecular flexibility index (Phi) is 4.07. The second-order valence-corrected chi connectivity index (χ2v) is 5.88. The van der Waals surface area contributed by atoms with Gasteiger partial charge in [0.1, 0.15) is 0 Å². The van der Waals surface area contributed by atoms with E-state index in [0.29, 0.717) is 0 Å². The van der Waals surface area contributed by atoms with Gasteiger partial charge >= 0.3 is 0 Å². The highest BCUT2D eigenvalue weighted by Crippen LogP contribution is 2.47. The van der Waals surface area contributed by atoms with Crippen molar-refractivity contribution in [1.82, 2.24) is 5.32 Å². The zero-order valence-corrected chi connectivity index (χ0v) is 10.5. The molecule has 0 bridgehead atoms. The minimum absolute atomic E-state index is 0.998. The van der Waals surface area contributed by atoms with Gasteiger partial charge in [0.25, 0.3) is 0 Å². The molecular formula is C14H27N. The van der Waals surface area contributed by atoms with Crippen molar-refractivity contribution in [1.29, 1.82) is 0 Å². The monoisotopic (exact) mass is 209 g/mol. The number of nitrogens with one attached hydrogen (secondary N) is 1. The van der Waals surface area contributed by atoms with Crippen LogP contribution < -0.4 is 5.32 Å². The first-order chi connectivity index (χ1) is 7.31. The van der Waals surface area contributed by atoms with Gasteiger partial charge in [-0.25, -0.2) is 0 Å². The Labute approximate surface area is 95.0 Å². The molecule has 0 amide bonds. The lowest BCUT2D eigenvalue weighted by Gasteiger charge is -2.35. The first kappa shape index (κ1) is 11.4. The maximum Gasteiger partial charge on any atom is -0.00178 e. The predicted molar refractivity (Wildman–Crippen MR) is 65.9 cm³/mol. The molecule has 3 unspecified atom stereocenters. The SMILES string of the molecule is CCCNCC1CCC(C)CC1C1CC1. The minimum atomic E-state index is 0.998. The van der Waals surface area contributed by atoms with Gasteiger partial charge in [-0.2, -0.15) is 0 Å². The average Bonchev–Trinajstić information content (AvgIpc) is 3.04. The highest BCUT2D eigenvalue weighted by atomic mass is 14.9. The van der Waals surface area contributed by atoms with Crippen LogP contribution in [0.5, 0.6) is 0 Å². The normalized spacial score (nSPS) is 36.8. The minimum Gasteiger partial charge on any atom is -0.316 e. The van der Waals surface area contributed by atoms with E-state index in [1.165, 1.54) is 51.6 Å². The molecule has 1 nitrogen and oxygen atoms in total. The van der Waals surface area contributed by atoms with Gasteiger partial charge in [-0.3, -0.25) is 0 Å². The molecule has 3 atom stereocenters. The Morgan fingerprint density at radius 3 is 2.60 bits per heavy atom. The van der Waals surface area contributed by atoms with Crippen LogP contribution in [0, 0.1) is 23.7 Å². The Bertz CT molecular complexity index is 186. The first-order valence-electron chi connectivity index (χ1n) is 7.02. The van der Waals surface area contributed by atoms with Crippen LogP contribution >= 0.6 is 0 Å². The maximum atomic E-state index is 3.63. The second kappa shape index (κ2) is 5.34. The molecule has 1 heteroatoms. The summed E-state index contributed by atoms with van der Waals surface area (Å²) in [5.74, 6) is 4.18. The molecule has 2 saturated carbocycles. The molecule has 2 rings (SSSR count). The van der Waals surface area contributed by atoms with Crippen molar-refractivity contribution in [2.45, 2.75) is 52.4 Å². The van der Waals surface area contributed by atoms with Crippen LogP contribution in [-0.4, -0.2) is 13.1 Å². The fraction of sp³-hybridized carbons (Fsp3) is 1.00. The van der Waals surface area contributed by atoms with Gasteiger partial charge in [0.15, 0.2) is 0 Å². The molecule has 0 aromatic carbocycles. The summed E-state index contributed by atoms with van der Waals surface area (Å²) in [6.45, 7) is 7.21. The van der Waals surface area contributed by atoms with Crippen LogP contribution in [0.1, 0.15) is 52.4 Å². The average molecular weight is 209 g/mol. The highest BCUT2D eigenvalue weighted by molar-refractivity contribution is 4.90. The molecule has 2 aliphatic rings. The summed E-state index contributed by atoms with van der Waals surface area (Å²) in [5, 5.41) is 3.63. The third-order valence-electron chi connectivity index (χ3n) is 4.37. The van der Waals surface area contributed by atoms with Crippen molar-refractivity contribution < 1.29 is 0 Å².